The Morgan fingerprint density at radius 3 is 2.53 bits per heavy atom. The van der Waals surface area contributed by atoms with Crippen LogP contribution in [0.15, 0.2) is 34.9 Å². The average molecular weight is 250 g/mol. The largest absolute Gasteiger partial charge is 0.439 e. The van der Waals surface area contributed by atoms with Crippen LogP contribution in [-0.2, 0) is 5.88 Å². The van der Waals surface area contributed by atoms with Crippen LogP contribution < -0.4 is 0 Å². The quantitative estimate of drug-likeness (QED) is 0.741. The monoisotopic (exact) mass is 249 g/mol. The van der Waals surface area contributed by atoms with Crippen molar-refractivity contribution >= 4 is 11.6 Å². The van der Waals surface area contributed by atoms with E-state index in [0.29, 0.717) is 17.7 Å². The minimum Gasteiger partial charge on any atom is -0.439 e. The summed E-state index contributed by atoms with van der Waals surface area (Å²) in [6.07, 6.45) is 2.87. The summed E-state index contributed by atoms with van der Waals surface area (Å²) in [6.45, 7) is 4.43. The molecule has 1 atom stereocenters. The second-order valence-electron chi connectivity index (χ2n) is 4.18. The van der Waals surface area contributed by atoms with Gasteiger partial charge in [0.15, 0.2) is 5.76 Å². The molecule has 1 aromatic heterocycles. The van der Waals surface area contributed by atoms with Gasteiger partial charge in [0.1, 0.15) is 0 Å². The van der Waals surface area contributed by atoms with Gasteiger partial charge in [0.25, 0.3) is 0 Å². The Morgan fingerprint density at radius 1 is 1.29 bits per heavy atom. The number of hydrogen-bond acceptors (Lipinski definition) is 2. The molecular weight excluding hydrogens is 234 g/mol. The third-order valence-electron chi connectivity index (χ3n) is 3.04. The second-order valence-corrected chi connectivity index (χ2v) is 4.45. The van der Waals surface area contributed by atoms with Crippen LogP contribution in [0.1, 0.15) is 37.6 Å². The number of nitrogens with zero attached hydrogens (tertiary/aromatic N) is 1. The van der Waals surface area contributed by atoms with Gasteiger partial charge in [-0.05, 0) is 17.9 Å². The molecule has 1 aromatic carbocycles. The summed E-state index contributed by atoms with van der Waals surface area (Å²) in [5, 5.41) is 0. The molecule has 0 radical (unpaired) electrons. The van der Waals surface area contributed by atoms with Crippen LogP contribution in [0.3, 0.4) is 0 Å². The molecule has 0 aliphatic carbocycles. The molecular formula is C14H16ClNO. The highest BCUT2D eigenvalue weighted by molar-refractivity contribution is 6.16. The number of alkyl halides is 1. The lowest BCUT2D eigenvalue weighted by molar-refractivity contribution is 0.528. The number of oxazole rings is 1. The van der Waals surface area contributed by atoms with Crippen molar-refractivity contribution in [3.05, 3.63) is 41.9 Å². The van der Waals surface area contributed by atoms with Crippen LogP contribution in [0.4, 0.5) is 0 Å². The van der Waals surface area contributed by atoms with Crippen molar-refractivity contribution < 1.29 is 4.42 Å². The molecule has 2 rings (SSSR count). The molecule has 0 amide bonds. The average Bonchev–Trinajstić information content (AvgIpc) is 2.87. The number of aromatic nitrogens is 1. The Balaban J connectivity index is 2.22. The Morgan fingerprint density at radius 2 is 2.00 bits per heavy atom. The molecule has 0 N–H and O–H groups in total. The van der Waals surface area contributed by atoms with Crippen LogP contribution in [0.2, 0.25) is 0 Å². The number of hydrogen-bond donors (Lipinski definition) is 0. The lowest BCUT2D eigenvalue weighted by Crippen LogP contribution is -1.90. The molecule has 3 heteroatoms. The predicted molar refractivity (Wildman–Crippen MR) is 70.2 cm³/mol. The fraction of sp³-hybridized carbons (Fsp3) is 0.357. The number of halogens is 1. The zero-order valence-corrected chi connectivity index (χ0v) is 10.9. The maximum Gasteiger partial charge on any atom is 0.209 e. The molecule has 1 heterocycles. The molecule has 2 aromatic rings. The first kappa shape index (κ1) is 12.2. The first-order chi connectivity index (χ1) is 8.24. The fourth-order valence-corrected chi connectivity index (χ4v) is 1.84. The van der Waals surface area contributed by atoms with Crippen molar-refractivity contribution in [2.45, 2.75) is 32.1 Å². The Labute approximate surface area is 107 Å². The van der Waals surface area contributed by atoms with Gasteiger partial charge < -0.3 is 4.42 Å². The van der Waals surface area contributed by atoms with Gasteiger partial charge in [-0.15, -0.1) is 11.6 Å². The molecule has 0 fully saturated rings. The fourth-order valence-electron chi connectivity index (χ4n) is 1.72. The predicted octanol–water partition coefficient (Wildman–Crippen LogP) is 4.59. The first-order valence-electron chi connectivity index (χ1n) is 5.85. The van der Waals surface area contributed by atoms with Gasteiger partial charge in [0.2, 0.25) is 5.89 Å². The summed E-state index contributed by atoms with van der Waals surface area (Å²) in [4.78, 5) is 4.09. The van der Waals surface area contributed by atoms with Crippen LogP contribution in [-0.4, -0.2) is 4.98 Å². The molecule has 0 saturated carbocycles. The topological polar surface area (TPSA) is 26.0 Å². The van der Waals surface area contributed by atoms with Crippen LogP contribution in [0.5, 0.6) is 0 Å². The maximum absolute atomic E-state index is 5.66. The lowest BCUT2D eigenvalue weighted by atomic mass is 9.97. The molecule has 17 heavy (non-hydrogen) atoms. The van der Waals surface area contributed by atoms with E-state index in [1.54, 1.807) is 6.20 Å². The lowest BCUT2D eigenvalue weighted by Gasteiger charge is -2.08. The molecule has 0 bridgehead atoms. The van der Waals surface area contributed by atoms with E-state index in [0.717, 1.165) is 17.7 Å². The summed E-state index contributed by atoms with van der Waals surface area (Å²) < 4.78 is 5.50. The molecule has 90 valence electrons. The minimum absolute atomic E-state index is 0.310. The van der Waals surface area contributed by atoms with Gasteiger partial charge >= 0.3 is 0 Å². The van der Waals surface area contributed by atoms with Crippen molar-refractivity contribution in [3.63, 3.8) is 0 Å². The van der Waals surface area contributed by atoms with Gasteiger partial charge in [-0.2, -0.15) is 0 Å². The van der Waals surface area contributed by atoms with E-state index >= 15 is 0 Å². The summed E-state index contributed by atoms with van der Waals surface area (Å²) >= 11 is 5.66. The van der Waals surface area contributed by atoms with E-state index in [1.165, 1.54) is 5.56 Å². The third-order valence-corrected chi connectivity index (χ3v) is 3.27. The summed E-state index contributed by atoms with van der Waals surface area (Å²) in [5.41, 5.74) is 2.40. The van der Waals surface area contributed by atoms with Crippen molar-refractivity contribution in [2.75, 3.05) is 0 Å². The maximum atomic E-state index is 5.66. The Bertz CT molecular complexity index is 475. The zero-order chi connectivity index (χ0) is 12.3. The highest BCUT2D eigenvalue weighted by atomic mass is 35.5. The van der Waals surface area contributed by atoms with Gasteiger partial charge in [-0.3, -0.25) is 0 Å². The number of benzene rings is 1. The van der Waals surface area contributed by atoms with Gasteiger partial charge in [0, 0.05) is 5.56 Å². The van der Waals surface area contributed by atoms with E-state index in [4.69, 9.17) is 16.0 Å². The summed E-state index contributed by atoms with van der Waals surface area (Å²) in [5.74, 6) is 2.24. The SMILES string of the molecule is CCC(C)c1ccc(-c2cnc(CCl)o2)cc1. The summed E-state index contributed by atoms with van der Waals surface area (Å²) in [6, 6.07) is 8.43. The molecule has 2 nitrogen and oxygen atoms in total. The van der Waals surface area contributed by atoms with Crippen molar-refractivity contribution in [1.29, 1.82) is 0 Å². The van der Waals surface area contributed by atoms with Gasteiger partial charge in [-0.25, -0.2) is 4.98 Å². The smallest absolute Gasteiger partial charge is 0.209 e. The molecule has 0 saturated heterocycles. The molecule has 1 unspecified atom stereocenters. The van der Waals surface area contributed by atoms with Crippen LogP contribution >= 0.6 is 11.6 Å². The molecule has 0 spiro atoms. The van der Waals surface area contributed by atoms with Crippen LogP contribution in [0, 0.1) is 0 Å². The van der Waals surface area contributed by atoms with Gasteiger partial charge in [-0.1, -0.05) is 38.1 Å². The van der Waals surface area contributed by atoms with E-state index in [9.17, 15) is 0 Å². The third kappa shape index (κ3) is 2.70. The Kier molecular flexibility index (Phi) is 3.85. The van der Waals surface area contributed by atoms with E-state index in [1.807, 2.05) is 0 Å². The number of rotatable bonds is 4. The van der Waals surface area contributed by atoms with Crippen molar-refractivity contribution in [1.82, 2.24) is 4.98 Å². The summed E-state index contributed by atoms with van der Waals surface area (Å²) in [7, 11) is 0. The molecule has 0 aliphatic rings. The highest BCUT2D eigenvalue weighted by Crippen LogP contribution is 2.24. The van der Waals surface area contributed by atoms with E-state index in [-0.39, 0.29) is 0 Å². The normalized spacial score (nSPS) is 12.6. The zero-order valence-electron chi connectivity index (χ0n) is 10.1. The second kappa shape index (κ2) is 5.37. The highest BCUT2D eigenvalue weighted by Gasteiger charge is 2.07. The van der Waals surface area contributed by atoms with Crippen LogP contribution in [0.25, 0.3) is 11.3 Å². The van der Waals surface area contributed by atoms with Crippen molar-refractivity contribution in [3.8, 4) is 11.3 Å². The molecule has 0 aliphatic heterocycles. The first-order valence-corrected chi connectivity index (χ1v) is 6.39. The van der Waals surface area contributed by atoms with Gasteiger partial charge in [0.05, 0.1) is 12.1 Å². The Hall–Kier alpha value is -1.28. The standard InChI is InChI=1S/C14H16ClNO/c1-3-10(2)11-4-6-12(7-5-11)13-9-16-14(8-15)17-13/h4-7,9-10H,3,8H2,1-2H3. The van der Waals surface area contributed by atoms with E-state index < -0.39 is 0 Å². The van der Waals surface area contributed by atoms with Crippen molar-refractivity contribution in [2.24, 2.45) is 0 Å². The minimum atomic E-state index is 0.310. The van der Waals surface area contributed by atoms with E-state index in [2.05, 4.69) is 43.1 Å².